The first kappa shape index (κ1) is 12.4. The topological polar surface area (TPSA) is 64.1 Å². The van der Waals surface area contributed by atoms with Crippen LogP contribution in [-0.4, -0.2) is 15.7 Å². The Balaban J connectivity index is 2.57. The number of esters is 1. The van der Waals surface area contributed by atoms with Crippen molar-refractivity contribution in [3.8, 4) is 11.6 Å². The van der Waals surface area contributed by atoms with E-state index in [4.69, 9.17) is 16.3 Å². The molecule has 2 aromatic rings. The first-order valence-corrected chi connectivity index (χ1v) is 5.63. The molecular formula is C12H11ClN2O3. The van der Waals surface area contributed by atoms with Gasteiger partial charge in [-0.05, 0) is 19.1 Å². The lowest BCUT2D eigenvalue weighted by Crippen LogP contribution is -2.16. The summed E-state index contributed by atoms with van der Waals surface area (Å²) in [5.41, 5.74) is 0.523. The summed E-state index contributed by atoms with van der Waals surface area (Å²) in [6, 6.07) is 6.89. The second-order valence-corrected chi connectivity index (χ2v) is 4.16. The van der Waals surface area contributed by atoms with Gasteiger partial charge < -0.3 is 4.74 Å². The molecule has 0 radical (unpaired) electrons. The van der Waals surface area contributed by atoms with Crippen molar-refractivity contribution < 1.29 is 9.53 Å². The lowest BCUT2D eigenvalue weighted by molar-refractivity contribution is -0.132. The van der Waals surface area contributed by atoms with Crippen LogP contribution in [0.1, 0.15) is 12.5 Å². The first-order chi connectivity index (χ1) is 8.50. The highest BCUT2D eigenvalue weighted by Gasteiger charge is 2.15. The minimum absolute atomic E-state index is 0.132. The number of H-pyrrole nitrogens is 1. The van der Waals surface area contributed by atoms with Crippen LogP contribution in [0.15, 0.2) is 29.1 Å². The normalized spacial score (nSPS) is 10.4. The molecular weight excluding hydrogens is 256 g/mol. The Morgan fingerprint density at radius 2 is 2.06 bits per heavy atom. The highest BCUT2D eigenvalue weighted by molar-refractivity contribution is 6.32. The van der Waals surface area contributed by atoms with Crippen LogP contribution in [0.5, 0.6) is 5.88 Å². The Morgan fingerprint density at radius 3 is 2.67 bits per heavy atom. The Bertz CT molecular complexity index is 658. The molecule has 0 saturated heterocycles. The van der Waals surface area contributed by atoms with Gasteiger partial charge in [0.05, 0.1) is 16.3 Å². The minimum Gasteiger partial charge on any atom is -0.408 e. The Labute approximate surface area is 108 Å². The van der Waals surface area contributed by atoms with Crippen LogP contribution in [0, 0.1) is 6.92 Å². The van der Waals surface area contributed by atoms with Crippen molar-refractivity contribution in [2.24, 2.45) is 0 Å². The molecule has 0 spiro atoms. The van der Waals surface area contributed by atoms with Crippen molar-refractivity contribution in [1.29, 1.82) is 0 Å². The third-order valence-corrected chi connectivity index (χ3v) is 2.74. The van der Waals surface area contributed by atoms with Crippen LogP contribution in [0.25, 0.3) is 5.69 Å². The van der Waals surface area contributed by atoms with E-state index >= 15 is 0 Å². The van der Waals surface area contributed by atoms with Crippen molar-refractivity contribution in [3.05, 3.63) is 45.2 Å². The lowest BCUT2D eigenvalue weighted by atomic mass is 10.3. The van der Waals surface area contributed by atoms with Gasteiger partial charge >= 0.3 is 5.97 Å². The molecule has 0 unspecified atom stereocenters. The number of nitrogens with zero attached hydrogens (tertiary/aromatic N) is 1. The predicted molar refractivity (Wildman–Crippen MR) is 67.4 cm³/mol. The second kappa shape index (κ2) is 4.70. The fourth-order valence-electron chi connectivity index (χ4n) is 1.55. The second-order valence-electron chi connectivity index (χ2n) is 3.75. The van der Waals surface area contributed by atoms with Crippen LogP contribution in [0.2, 0.25) is 5.02 Å². The molecule has 0 bridgehead atoms. The van der Waals surface area contributed by atoms with Gasteiger partial charge in [0.25, 0.3) is 5.56 Å². The third-order valence-electron chi connectivity index (χ3n) is 2.42. The molecule has 5 nitrogen and oxygen atoms in total. The van der Waals surface area contributed by atoms with Gasteiger partial charge in [0, 0.05) is 6.92 Å². The fourth-order valence-corrected chi connectivity index (χ4v) is 1.77. The van der Waals surface area contributed by atoms with Gasteiger partial charge in [-0.3, -0.25) is 14.7 Å². The predicted octanol–water partition coefficient (Wildman–Crippen LogP) is 2.05. The van der Waals surface area contributed by atoms with Gasteiger partial charge in [-0.15, -0.1) is 0 Å². The lowest BCUT2D eigenvalue weighted by Gasteiger charge is -2.03. The highest BCUT2D eigenvalue weighted by Crippen LogP contribution is 2.20. The van der Waals surface area contributed by atoms with E-state index in [-0.39, 0.29) is 11.4 Å². The molecule has 1 aromatic heterocycles. The summed E-state index contributed by atoms with van der Waals surface area (Å²) >= 11 is 6.01. The number of aromatic amines is 1. The van der Waals surface area contributed by atoms with E-state index in [0.717, 1.165) is 0 Å². The summed E-state index contributed by atoms with van der Waals surface area (Å²) in [4.78, 5) is 22.9. The van der Waals surface area contributed by atoms with Gasteiger partial charge in [-0.2, -0.15) is 0 Å². The molecule has 1 N–H and O–H groups in total. The molecule has 0 aliphatic rings. The maximum atomic E-state index is 12.0. The molecule has 1 aromatic carbocycles. The van der Waals surface area contributed by atoms with Crippen LogP contribution in [-0.2, 0) is 4.79 Å². The quantitative estimate of drug-likeness (QED) is 0.846. The monoisotopic (exact) mass is 266 g/mol. The summed E-state index contributed by atoms with van der Waals surface area (Å²) in [5, 5.41) is 3.14. The third kappa shape index (κ3) is 2.17. The molecule has 94 valence electrons. The summed E-state index contributed by atoms with van der Waals surface area (Å²) in [6.45, 7) is 2.84. The number of benzene rings is 1. The van der Waals surface area contributed by atoms with Crippen molar-refractivity contribution in [2.75, 3.05) is 0 Å². The summed E-state index contributed by atoms with van der Waals surface area (Å²) in [5.74, 6) is -0.363. The van der Waals surface area contributed by atoms with Crippen LogP contribution in [0.3, 0.4) is 0 Å². The maximum Gasteiger partial charge on any atom is 0.309 e. The number of rotatable bonds is 2. The van der Waals surface area contributed by atoms with Crippen LogP contribution < -0.4 is 10.3 Å². The van der Waals surface area contributed by atoms with E-state index in [1.54, 1.807) is 31.2 Å². The van der Waals surface area contributed by atoms with E-state index in [0.29, 0.717) is 16.3 Å². The summed E-state index contributed by atoms with van der Waals surface area (Å²) in [7, 11) is 0. The van der Waals surface area contributed by atoms with Gasteiger partial charge in [0.15, 0.2) is 0 Å². The van der Waals surface area contributed by atoms with E-state index in [1.165, 1.54) is 11.6 Å². The van der Waals surface area contributed by atoms with E-state index in [2.05, 4.69) is 5.10 Å². The minimum atomic E-state index is -0.495. The van der Waals surface area contributed by atoms with Gasteiger partial charge in [-0.25, -0.2) is 4.68 Å². The van der Waals surface area contributed by atoms with Gasteiger partial charge in [-0.1, -0.05) is 23.7 Å². The molecule has 1 heterocycles. The Kier molecular flexibility index (Phi) is 3.25. The molecule has 0 aliphatic heterocycles. The number of para-hydroxylation sites is 1. The van der Waals surface area contributed by atoms with E-state index < -0.39 is 5.97 Å². The standard InChI is InChI=1S/C12H11ClN2O3/c1-7-11(18-8(2)16)14-15(12(7)17)10-6-4-3-5-9(10)13/h3-6,14H,1-2H3. The Morgan fingerprint density at radius 1 is 1.39 bits per heavy atom. The first-order valence-electron chi connectivity index (χ1n) is 5.25. The largest absolute Gasteiger partial charge is 0.408 e. The summed E-state index contributed by atoms with van der Waals surface area (Å²) < 4.78 is 6.16. The van der Waals surface area contributed by atoms with Crippen molar-refractivity contribution in [2.45, 2.75) is 13.8 Å². The zero-order valence-corrected chi connectivity index (χ0v) is 10.6. The van der Waals surface area contributed by atoms with Crippen LogP contribution >= 0.6 is 11.6 Å². The number of halogens is 1. The summed E-state index contributed by atoms with van der Waals surface area (Å²) in [6.07, 6.45) is 0. The molecule has 2 rings (SSSR count). The SMILES string of the molecule is CC(=O)Oc1[nH]n(-c2ccccc2Cl)c(=O)c1C. The molecule has 0 atom stereocenters. The van der Waals surface area contributed by atoms with Gasteiger partial charge in [0.1, 0.15) is 0 Å². The van der Waals surface area contributed by atoms with E-state index in [1.807, 2.05) is 0 Å². The molecule has 18 heavy (non-hydrogen) atoms. The number of carbonyl (C=O) groups excluding carboxylic acids is 1. The molecule has 0 amide bonds. The molecule has 0 fully saturated rings. The fraction of sp³-hybridized carbons (Fsp3) is 0.167. The number of ether oxygens (including phenoxy) is 1. The zero-order valence-electron chi connectivity index (χ0n) is 9.86. The van der Waals surface area contributed by atoms with Crippen LogP contribution in [0.4, 0.5) is 0 Å². The highest BCUT2D eigenvalue weighted by atomic mass is 35.5. The Hall–Kier alpha value is -2.01. The average molecular weight is 267 g/mol. The van der Waals surface area contributed by atoms with E-state index in [9.17, 15) is 9.59 Å². The van der Waals surface area contributed by atoms with Crippen molar-refractivity contribution >= 4 is 17.6 Å². The number of aromatic nitrogens is 2. The molecule has 0 aliphatic carbocycles. The number of hydrogen-bond donors (Lipinski definition) is 1. The number of hydrogen-bond acceptors (Lipinski definition) is 3. The zero-order chi connectivity index (χ0) is 13.3. The number of nitrogens with one attached hydrogen (secondary N) is 1. The number of carbonyl (C=O) groups is 1. The van der Waals surface area contributed by atoms with Crippen molar-refractivity contribution in [1.82, 2.24) is 9.78 Å². The van der Waals surface area contributed by atoms with Crippen molar-refractivity contribution in [3.63, 3.8) is 0 Å². The molecule has 0 saturated carbocycles. The van der Waals surface area contributed by atoms with Gasteiger partial charge in [0.2, 0.25) is 5.88 Å². The average Bonchev–Trinajstić information content (AvgIpc) is 2.58. The maximum absolute atomic E-state index is 12.0. The molecule has 6 heteroatoms. The smallest absolute Gasteiger partial charge is 0.309 e.